The van der Waals surface area contributed by atoms with Gasteiger partial charge in [0, 0.05) is 11.8 Å². The Morgan fingerprint density at radius 1 is 1.06 bits per heavy atom. The molecule has 0 N–H and O–H groups in total. The molecule has 1 heterocycles. The second kappa shape index (κ2) is 4.66. The van der Waals surface area contributed by atoms with Crippen LogP contribution in [0.1, 0.15) is 36.7 Å². The molecule has 0 atom stereocenters. The van der Waals surface area contributed by atoms with E-state index < -0.39 is 0 Å². The van der Waals surface area contributed by atoms with E-state index in [4.69, 9.17) is 0 Å². The summed E-state index contributed by atoms with van der Waals surface area (Å²) in [7, 11) is 0. The third kappa shape index (κ3) is 2.52. The van der Waals surface area contributed by atoms with E-state index in [0.717, 1.165) is 11.5 Å². The highest BCUT2D eigenvalue weighted by Gasteiger charge is 2.07. The Hall–Kier alpha value is -1.70. The average molecular weight is 226 g/mol. The van der Waals surface area contributed by atoms with Crippen molar-refractivity contribution in [1.29, 1.82) is 0 Å². The summed E-state index contributed by atoms with van der Waals surface area (Å²) in [6.07, 6.45) is 1.82. The first-order valence-corrected chi connectivity index (χ1v) is 5.98. The lowest BCUT2D eigenvalue weighted by molar-refractivity contribution is 0.866. The van der Waals surface area contributed by atoms with Crippen LogP contribution >= 0.6 is 0 Å². The molecule has 0 fully saturated rings. The molecule has 0 radical (unpaired) electrons. The largest absolute Gasteiger partial charge is 0.242 e. The van der Waals surface area contributed by atoms with Gasteiger partial charge in [-0.25, -0.2) is 9.97 Å². The molecule has 0 saturated heterocycles. The van der Waals surface area contributed by atoms with E-state index in [2.05, 4.69) is 48.9 Å². The van der Waals surface area contributed by atoms with Crippen LogP contribution in [0.3, 0.4) is 0 Å². The topological polar surface area (TPSA) is 25.8 Å². The summed E-state index contributed by atoms with van der Waals surface area (Å²) in [6.45, 7) is 8.46. The molecular formula is C15H18N2. The van der Waals surface area contributed by atoms with Gasteiger partial charge in [0.25, 0.3) is 0 Å². The van der Waals surface area contributed by atoms with E-state index in [9.17, 15) is 0 Å². The molecule has 2 rings (SSSR count). The van der Waals surface area contributed by atoms with Crippen LogP contribution in [0.4, 0.5) is 0 Å². The Morgan fingerprint density at radius 3 is 2.47 bits per heavy atom. The number of hydrogen-bond acceptors (Lipinski definition) is 2. The quantitative estimate of drug-likeness (QED) is 0.776. The van der Waals surface area contributed by atoms with Gasteiger partial charge in [-0.05, 0) is 43.0 Å². The van der Waals surface area contributed by atoms with Gasteiger partial charge in [-0.15, -0.1) is 0 Å². The van der Waals surface area contributed by atoms with E-state index in [-0.39, 0.29) is 0 Å². The molecule has 1 aromatic carbocycles. The highest BCUT2D eigenvalue weighted by molar-refractivity contribution is 5.64. The number of nitrogens with zero attached hydrogens (tertiary/aromatic N) is 2. The minimum Gasteiger partial charge on any atom is -0.242 e. The van der Waals surface area contributed by atoms with Crippen molar-refractivity contribution < 1.29 is 0 Å². The Bertz CT molecular complexity index is 530. The van der Waals surface area contributed by atoms with Crippen LogP contribution in [0.15, 0.2) is 30.5 Å². The molecule has 2 aromatic rings. The number of aryl methyl sites for hydroxylation is 2. The second-order valence-corrected chi connectivity index (χ2v) is 4.72. The van der Waals surface area contributed by atoms with Crippen LogP contribution in [0, 0.1) is 13.8 Å². The Kier molecular flexibility index (Phi) is 3.23. The summed E-state index contributed by atoms with van der Waals surface area (Å²) >= 11 is 0. The molecule has 0 bridgehead atoms. The fraction of sp³-hybridized carbons (Fsp3) is 0.333. The summed E-state index contributed by atoms with van der Waals surface area (Å²) in [5.74, 6) is 1.36. The van der Waals surface area contributed by atoms with Crippen molar-refractivity contribution in [2.24, 2.45) is 0 Å². The van der Waals surface area contributed by atoms with E-state index in [0.29, 0.717) is 5.92 Å². The van der Waals surface area contributed by atoms with Gasteiger partial charge < -0.3 is 0 Å². The van der Waals surface area contributed by atoms with Crippen molar-refractivity contribution in [2.45, 2.75) is 33.6 Å². The summed E-state index contributed by atoms with van der Waals surface area (Å²) in [5, 5.41) is 0. The molecule has 1 aromatic heterocycles. The fourth-order valence-electron chi connectivity index (χ4n) is 1.88. The van der Waals surface area contributed by atoms with Gasteiger partial charge in [0.15, 0.2) is 0 Å². The summed E-state index contributed by atoms with van der Waals surface area (Å²) in [4.78, 5) is 8.64. The number of hydrogen-bond donors (Lipinski definition) is 0. The molecule has 0 aliphatic heterocycles. The molecule has 2 nitrogen and oxygen atoms in total. The maximum Gasteiger partial charge on any atom is 0.125 e. The van der Waals surface area contributed by atoms with E-state index in [1.165, 1.54) is 16.7 Å². The fourth-order valence-corrected chi connectivity index (χ4v) is 1.88. The summed E-state index contributed by atoms with van der Waals surface area (Å²) < 4.78 is 0. The minimum absolute atomic E-state index is 0.539. The van der Waals surface area contributed by atoms with Gasteiger partial charge in [-0.3, -0.25) is 0 Å². The van der Waals surface area contributed by atoms with Gasteiger partial charge in [0.2, 0.25) is 0 Å². The number of aromatic nitrogens is 2. The van der Waals surface area contributed by atoms with Crippen molar-refractivity contribution in [3.05, 3.63) is 47.4 Å². The number of rotatable bonds is 2. The normalized spacial score (nSPS) is 10.9. The van der Waals surface area contributed by atoms with Crippen LogP contribution in [-0.4, -0.2) is 9.97 Å². The third-order valence-electron chi connectivity index (χ3n) is 2.98. The van der Waals surface area contributed by atoms with Crippen LogP contribution in [0.5, 0.6) is 0 Å². The Morgan fingerprint density at radius 2 is 1.82 bits per heavy atom. The number of benzene rings is 1. The van der Waals surface area contributed by atoms with Gasteiger partial charge in [-0.2, -0.15) is 0 Å². The smallest absolute Gasteiger partial charge is 0.125 e. The molecule has 88 valence electrons. The molecule has 2 heteroatoms. The molecule has 0 spiro atoms. The minimum atomic E-state index is 0.539. The lowest BCUT2D eigenvalue weighted by Crippen LogP contribution is -1.94. The Labute approximate surface area is 103 Å². The first kappa shape index (κ1) is 11.8. The maximum atomic E-state index is 4.49. The highest BCUT2D eigenvalue weighted by Crippen LogP contribution is 2.25. The highest BCUT2D eigenvalue weighted by atomic mass is 14.9. The zero-order valence-corrected chi connectivity index (χ0v) is 10.9. The predicted octanol–water partition coefficient (Wildman–Crippen LogP) is 3.88. The Balaban J connectivity index is 2.54. The molecule has 0 aliphatic carbocycles. The van der Waals surface area contributed by atoms with Crippen LogP contribution < -0.4 is 0 Å². The van der Waals surface area contributed by atoms with E-state index >= 15 is 0 Å². The lowest BCUT2D eigenvalue weighted by atomic mass is 9.96. The third-order valence-corrected chi connectivity index (χ3v) is 2.98. The second-order valence-electron chi connectivity index (χ2n) is 4.72. The standard InChI is InChI=1S/C15H18N2/c1-10(2)13-6-5-11(3)14(9-13)15-7-8-16-12(4)17-15/h5-10H,1-4H3. The van der Waals surface area contributed by atoms with Crippen LogP contribution in [0.2, 0.25) is 0 Å². The van der Waals surface area contributed by atoms with Crippen molar-refractivity contribution in [1.82, 2.24) is 9.97 Å². The SMILES string of the molecule is Cc1nccc(-c2cc(C(C)C)ccc2C)n1. The zero-order chi connectivity index (χ0) is 12.4. The van der Waals surface area contributed by atoms with Crippen molar-refractivity contribution in [3.63, 3.8) is 0 Å². The van der Waals surface area contributed by atoms with E-state index in [1.54, 1.807) is 0 Å². The summed E-state index contributed by atoms with van der Waals surface area (Å²) in [5.41, 5.74) is 4.83. The van der Waals surface area contributed by atoms with Gasteiger partial charge >= 0.3 is 0 Å². The van der Waals surface area contributed by atoms with Crippen molar-refractivity contribution in [3.8, 4) is 11.3 Å². The first-order valence-electron chi connectivity index (χ1n) is 5.98. The average Bonchev–Trinajstić information content (AvgIpc) is 2.29. The molecule has 0 aliphatic rings. The van der Waals surface area contributed by atoms with Crippen molar-refractivity contribution in [2.75, 3.05) is 0 Å². The van der Waals surface area contributed by atoms with Gasteiger partial charge in [0.1, 0.15) is 5.82 Å². The van der Waals surface area contributed by atoms with Gasteiger partial charge in [0.05, 0.1) is 5.69 Å². The lowest BCUT2D eigenvalue weighted by Gasteiger charge is -2.11. The predicted molar refractivity (Wildman–Crippen MR) is 71.0 cm³/mol. The molecular weight excluding hydrogens is 208 g/mol. The molecule has 0 amide bonds. The van der Waals surface area contributed by atoms with E-state index in [1.807, 2.05) is 19.2 Å². The maximum absolute atomic E-state index is 4.49. The van der Waals surface area contributed by atoms with Crippen LogP contribution in [0.25, 0.3) is 11.3 Å². The van der Waals surface area contributed by atoms with Crippen molar-refractivity contribution >= 4 is 0 Å². The molecule has 0 saturated carbocycles. The monoisotopic (exact) mass is 226 g/mol. The summed E-state index contributed by atoms with van der Waals surface area (Å²) in [6, 6.07) is 8.57. The van der Waals surface area contributed by atoms with Gasteiger partial charge in [-0.1, -0.05) is 26.0 Å². The molecule has 17 heavy (non-hydrogen) atoms. The first-order chi connectivity index (χ1) is 8.08. The molecule has 0 unspecified atom stereocenters. The zero-order valence-electron chi connectivity index (χ0n) is 10.9. The van der Waals surface area contributed by atoms with Crippen LogP contribution in [-0.2, 0) is 0 Å².